The highest BCUT2D eigenvalue weighted by Crippen LogP contribution is 2.32. The van der Waals surface area contributed by atoms with E-state index in [-0.39, 0.29) is 6.04 Å². The second-order valence-corrected chi connectivity index (χ2v) is 4.92. The molecule has 0 aliphatic rings. The zero-order valence-electron chi connectivity index (χ0n) is 11.8. The van der Waals surface area contributed by atoms with E-state index in [0.29, 0.717) is 5.56 Å². The predicted octanol–water partition coefficient (Wildman–Crippen LogP) is 4.79. The van der Waals surface area contributed by atoms with Crippen LogP contribution >= 0.6 is 0 Å². The van der Waals surface area contributed by atoms with Gasteiger partial charge in [-0.3, -0.25) is 0 Å². The smallest absolute Gasteiger partial charge is 0.306 e. The third-order valence-corrected chi connectivity index (χ3v) is 3.28. The second-order valence-electron chi connectivity index (χ2n) is 4.92. The molecule has 0 fully saturated rings. The van der Waals surface area contributed by atoms with Gasteiger partial charge in [0, 0.05) is 0 Å². The largest absolute Gasteiger partial charge is 0.416 e. The molecule has 1 N–H and O–H groups in total. The van der Waals surface area contributed by atoms with Crippen molar-refractivity contribution < 1.29 is 13.2 Å². The van der Waals surface area contributed by atoms with Crippen LogP contribution in [0.25, 0.3) is 0 Å². The summed E-state index contributed by atoms with van der Waals surface area (Å²) in [5, 5.41) is 3.31. The van der Waals surface area contributed by atoms with Gasteiger partial charge in [-0.05, 0) is 36.2 Å². The van der Waals surface area contributed by atoms with E-state index in [1.54, 1.807) is 6.07 Å². The topological polar surface area (TPSA) is 12.0 Å². The first kappa shape index (κ1) is 15.6. The lowest BCUT2D eigenvalue weighted by molar-refractivity contribution is -0.137. The summed E-state index contributed by atoms with van der Waals surface area (Å²) in [4.78, 5) is 0. The molecule has 0 aromatic heterocycles. The molecule has 1 unspecified atom stereocenters. The minimum atomic E-state index is -4.32. The third-order valence-electron chi connectivity index (χ3n) is 3.28. The molecule has 2 aromatic rings. The molecule has 0 heterocycles. The molecule has 21 heavy (non-hydrogen) atoms. The Morgan fingerprint density at radius 2 is 1.62 bits per heavy atom. The van der Waals surface area contributed by atoms with Crippen LogP contribution in [0.5, 0.6) is 0 Å². The Morgan fingerprint density at radius 1 is 0.952 bits per heavy atom. The highest BCUT2D eigenvalue weighted by Gasteiger charge is 2.31. The van der Waals surface area contributed by atoms with Gasteiger partial charge >= 0.3 is 6.18 Å². The zero-order valence-corrected chi connectivity index (χ0v) is 11.8. The van der Waals surface area contributed by atoms with Crippen LogP contribution in [0.15, 0.2) is 54.6 Å². The van der Waals surface area contributed by atoms with Crippen molar-refractivity contribution in [1.82, 2.24) is 5.32 Å². The third kappa shape index (κ3) is 4.08. The molecule has 2 aromatic carbocycles. The molecule has 0 radical (unpaired) electrons. The number of hydrogen-bond donors (Lipinski definition) is 1. The number of rotatable bonds is 5. The van der Waals surface area contributed by atoms with Crippen LogP contribution in [-0.2, 0) is 6.18 Å². The number of nitrogens with one attached hydrogen (secondary N) is 1. The fourth-order valence-electron chi connectivity index (χ4n) is 2.26. The lowest BCUT2D eigenvalue weighted by Gasteiger charge is -2.20. The van der Waals surface area contributed by atoms with E-state index in [9.17, 15) is 13.2 Å². The van der Waals surface area contributed by atoms with E-state index in [1.807, 2.05) is 37.3 Å². The average Bonchev–Trinajstić information content (AvgIpc) is 2.48. The number of halogens is 3. The van der Waals surface area contributed by atoms with Gasteiger partial charge in [0.25, 0.3) is 0 Å². The van der Waals surface area contributed by atoms with Crippen LogP contribution in [0, 0.1) is 0 Å². The minimum Gasteiger partial charge on any atom is -0.306 e. The van der Waals surface area contributed by atoms with Crippen LogP contribution in [0.3, 0.4) is 0 Å². The number of alkyl halides is 3. The fraction of sp³-hybridized carbons (Fsp3) is 0.294. The first-order valence-corrected chi connectivity index (χ1v) is 6.98. The van der Waals surface area contributed by atoms with E-state index < -0.39 is 11.7 Å². The first-order valence-electron chi connectivity index (χ1n) is 6.98. The average molecular weight is 293 g/mol. The van der Waals surface area contributed by atoms with Gasteiger partial charge < -0.3 is 5.32 Å². The Hall–Kier alpha value is -1.81. The van der Waals surface area contributed by atoms with Crippen LogP contribution in [0.2, 0.25) is 0 Å². The van der Waals surface area contributed by atoms with E-state index in [1.165, 1.54) is 12.1 Å². The van der Waals surface area contributed by atoms with Gasteiger partial charge in [-0.2, -0.15) is 13.2 Å². The zero-order chi connectivity index (χ0) is 15.3. The summed E-state index contributed by atoms with van der Waals surface area (Å²) < 4.78 is 38.6. The van der Waals surface area contributed by atoms with Crippen LogP contribution in [-0.4, -0.2) is 6.54 Å². The SMILES string of the molecule is CCCNC(c1ccccc1)c1cccc(C(F)(F)F)c1. The molecule has 2 rings (SSSR count). The summed E-state index contributed by atoms with van der Waals surface area (Å²) >= 11 is 0. The standard InChI is InChI=1S/C17H18F3N/c1-2-11-21-16(13-7-4-3-5-8-13)14-9-6-10-15(12-14)17(18,19)20/h3-10,12,16,21H,2,11H2,1H3. The fourth-order valence-corrected chi connectivity index (χ4v) is 2.26. The Labute approximate surface area is 122 Å². The van der Waals surface area contributed by atoms with Crippen molar-refractivity contribution in [2.24, 2.45) is 0 Å². The summed E-state index contributed by atoms with van der Waals surface area (Å²) in [6.45, 7) is 2.77. The van der Waals surface area contributed by atoms with E-state index in [4.69, 9.17) is 0 Å². The van der Waals surface area contributed by atoms with Crippen LogP contribution < -0.4 is 5.32 Å². The van der Waals surface area contributed by atoms with Gasteiger partial charge in [0.15, 0.2) is 0 Å². The highest BCUT2D eigenvalue weighted by molar-refractivity contribution is 5.35. The molecule has 4 heteroatoms. The van der Waals surface area contributed by atoms with Crippen molar-refractivity contribution >= 4 is 0 Å². The van der Waals surface area contributed by atoms with Crippen molar-refractivity contribution in [2.45, 2.75) is 25.6 Å². The molecule has 0 amide bonds. The number of benzene rings is 2. The Balaban J connectivity index is 2.37. The highest BCUT2D eigenvalue weighted by atomic mass is 19.4. The molecule has 0 spiro atoms. The molecule has 1 atom stereocenters. The molecule has 1 nitrogen and oxygen atoms in total. The summed E-state index contributed by atoms with van der Waals surface area (Å²) in [7, 11) is 0. The van der Waals surface area contributed by atoms with Crippen molar-refractivity contribution in [2.75, 3.05) is 6.54 Å². The molecular weight excluding hydrogens is 275 g/mol. The van der Waals surface area contributed by atoms with Gasteiger partial charge in [-0.1, -0.05) is 49.4 Å². The van der Waals surface area contributed by atoms with Crippen LogP contribution in [0.1, 0.15) is 36.1 Å². The molecular formula is C17H18F3N. The molecule has 112 valence electrons. The van der Waals surface area contributed by atoms with Gasteiger partial charge in [0.2, 0.25) is 0 Å². The molecule has 0 saturated carbocycles. The summed E-state index contributed by atoms with van der Waals surface area (Å²) in [6, 6.07) is 14.8. The maximum atomic E-state index is 12.9. The lowest BCUT2D eigenvalue weighted by Crippen LogP contribution is -2.23. The van der Waals surface area contributed by atoms with Gasteiger partial charge in [-0.15, -0.1) is 0 Å². The molecule has 0 aliphatic heterocycles. The van der Waals surface area contributed by atoms with Crippen molar-refractivity contribution in [3.63, 3.8) is 0 Å². The van der Waals surface area contributed by atoms with E-state index in [0.717, 1.165) is 24.6 Å². The number of hydrogen-bond acceptors (Lipinski definition) is 1. The molecule has 0 aliphatic carbocycles. The Bertz CT molecular complexity index is 564. The summed E-state index contributed by atoms with van der Waals surface area (Å²) in [5.41, 5.74) is 0.981. The molecule has 0 bridgehead atoms. The normalized spacial score (nSPS) is 13.1. The lowest BCUT2D eigenvalue weighted by atomic mass is 9.97. The maximum Gasteiger partial charge on any atom is 0.416 e. The van der Waals surface area contributed by atoms with Gasteiger partial charge in [-0.25, -0.2) is 0 Å². The van der Waals surface area contributed by atoms with Crippen molar-refractivity contribution in [1.29, 1.82) is 0 Å². The summed E-state index contributed by atoms with van der Waals surface area (Å²) in [6.07, 6.45) is -3.40. The quantitative estimate of drug-likeness (QED) is 0.835. The maximum absolute atomic E-state index is 12.9. The minimum absolute atomic E-state index is 0.228. The monoisotopic (exact) mass is 293 g/mol. The Kier molecular flexibility index (Phi) is 5.02. The van der Waals surface area contributed by atoms with Crippen molar-refractivity contribution in [3.8, 4) is 0 Å². The summed E-state index contributed by atoms with van der Waals surface area (Å²) in [5.74, 6) is 0. The van der Waals surface area contributed by atoms with Crippen LogP contribution in [0.4, 0.5) is 13.2 Å². The van der Waals surface area contributed by atoms with Gasteiger partial charge in [0.05, 0.1) is 11.6 Å². The van der Waals surface area contributed by atoms with E-state index in [2.05, 4.69) is 5.32 Å². The first-order chi connectivity index (χ1) is 10.0. The molecule has 0 saturated heterocycles. The predicted molar refractivity (Wildman–Crippen MR) is 78.0 cm³/mol. The van der Waals surface area contributed by atoms with E-state index >= 15 is 0 Å². The van der Waals surface area contributed by atoms with Gasteiger partial charge in [0.1, 0.15) is 0 Å². The Morgan fingerprint density at radius 3 is 2.24 bits per heavy atom. The second kappa shape index (κ2) is 6.76. The van der Waals surface area contributed by atoms with Crippen molar-refractivity contribution in [3.05, 3.63) is 71.3 Å².